The lowest BCUT2D eigenvalue weighted by molar-refractivity contribution is -0.145. The summed E-state index contributed by atoms with van der Waals surface area (Å²) in [5, 5.41) is 4.73. The zero-order chi connectivity index (χ0) is 21.9. The Morgan fingerprint density at radius 1 is 1.28 bits per heavy atom. The normalized spacial score (nSPS) is 19.9. The first-order chi connectivity index (χ1) is 13.5. The van der Waals surface area contributed by atoms with Gasteiger partial charge in [0.15, 0.2) is 0 Å². The fourth-order valence-electron chi connectivity index (χ4n) is 3.12. The van der Waals surface area contributed by atoms with Crippen LogP contribution in [0.1, 0.15) is 32.8 Å². The van der Waals surface area contributed by atoms with Gasteiger partial charge in [0.1, 0.15) is 29.8 Å². The van der Waals surface area contributed by atoms with E-state index < -0.39 is 53.6 Å². The molecule has 0 saturated carbocycles. The third-order valence-corrected chi connectivity index (χ3v) is 4.57. The van der Waals surface area contributed by atoms with Crippen LogP contribution < -0.4 is 10.6 Å². The van der Waals surface area contributed by atoms with Gasteiger partial charge in [0.2, 0.25) is 5.91 Å². The van der Waals surface area contributed by atoms with Crippen LogP contribution >= 0.6 is 0 Å². The van der Waals surface area contributed by atoms with Gasteiger partial charge in [-0.2, -0.15) is 0 Å². The smallest absolute Gasteiger partial charge is 0.328 e. The Morgan fingerprint density at radius 2 is 1.93 bits per heavy atom. The number of urea groups is 1. The van der Waals surface area contributed by atoms with Gasteiger partial charge < -0.3 is 15.4 Å². The number of imide groups is 1. The number of amides is 4. The van der Waals surface area contributed by atoms with Crippen molar-refractivity contribution in [1.82, 2.24) is 15.5 Å². The number of halogens is 2. The topological polar surface area (TPSA) is 105 Å². The largest absolute Gasteiger partial charge is 0.467 e. The molecule has 2 rings (SSSR count). The van der Waals surface area contributed by atoms with Crippen molar-refractivity contribution in [3.8, 4) is 0 Å². The van der Waals surface area contributed by atoms with Gasteiger partial charge in [0.25, 0.3) is 5.91 Å². The SMILES string of the molecule is COC(=O)[C@@H](CC(C)C)NC(=O)CN1C(=O)N[C@](C)(c2cc(F)ccc2F)C1=O. The Balaban J connectivity index is 2.18. The lowest BCUT2D eigenvalue weighted by atomic mass is 9.91. The van der Waals surface area contributed by atoms with E-state index in [2.05, 4.69) is 15.4 Å². The van der Waals surface area contributed by atoms with Gasteiger partial charge in [-0.15, -0.1) is 0 Å². The zero-order valence-corrected chi connectivity index (χ0v) is 16.5. The number of benzene rings is 1. The van der Waals surface area contributed by atoms with E-state index in [-0.39, 0.29) is 11.5 Å². The maximum atomic E-state index is 14.2. The molecule has 1 aromatic rings. The average Bonchev–Trinajstić information content (AvgIpc) is 2.86. The van der Waals surface area contributed by atoms with Crippen LogP contribution in [0.15, 0.2) is 18.2 Å². The van der Waals surface area contributed by atoms with E-state index in [1.54, 1.807) is 0 Å². The maximum Gasteiger partial charge on any atom is 0.328 e. The van der Waals surface area contributed by atoms with Crippen LogP contribution in [0.2, 0.25) is 0 Å². The molecule has 1 fully saturated rings. The summed E-state index contributed by atoms with van der Waals surface area (Å²) in [5.74, 6) is -3.94. The van der Waals surface area contributed by atoms with E-state index in [4.69, 9.17) is 0 Å². The lowest BCUT2D eigenvalue weighted by Gasteiger charge is -2.23. The van der Waals surface area contributed by atoms with Crippen molar-refractivity contribution >= 4 is 23.8 Å². The number of carbonyl (C=O) groups is 4. The molecule has 4 amide bonds. The first kappa shape index (κ1) is 22.3. The average molecular weight is 411 g/mol. The predicted octanol–water partition coefficient (Wildman–Crippen LogP) is 1.44. The highest BCUT2D eigenvalue weighted by atomic mass is 19.1. The molecular weight excluding hydrogens is 388 g/mol. The van der Waals surface area contributed by atoms with E-state index in [1.165, 1.54) is 14.0 Å². The minimum Gasteiger partial charge on any atom is -0.467 e. The Morgan fingerprint density at radius 3 is 2.52 bits per heavy atom. The van der Waals surface area contributed by atoms with Crippen LogP contribution in [0.4, 0.5) is 13.6 Å². The van der Waals surface area contributed by atoms with Crippen molar-refractivity contribution in [2.24, 2.45) is 5.92 Å². The monoisotopic (exact) mass is 411 g/mol. The second-order valence-electron chi connectivity index (χ2n) is 7.34. The summed E-state index contributed by atoms with van der Waals surface area (Å²) in [6.45, 7) is 4.22. The fourth-order valence-corrected chi connectivity index (χ4v) is 3.12. The van der Waals surface area contributed by atoms with Gasteiger partial charge in [0.05, 0.1) is 7.11 Å². The molecule has 1 aliphatic heterocycles. The summed E-state index contributed by atoms with van der Waals surface area (Å²) >= 11 is 0. The third-order valence-electron chi connectivity index (χ3n) is 4.57. The first-order valence-corrected chi connectivity index (χ1v) is 8.96. The minimum atomic E-state index is -1.87. The molecule has 29 heavy (non-hydrogen) atoms. The van der Waals surface area contributed by atoms with Crippen molar-refractivity contribution in [1.29, 1.82) is 0 Å². The molecule has 8 nitrogen and oxygen atoms in total. The van der Waals surface area contributed by atoms with Crippen molar-refractivity contribution in [3.05, 3.63) is 35.4 Å². The molecule has 10 heteroatoms. The van der Waals surface area contributed by atoms with Gasteiger partial charge in [-0.05, 0) is 37.5 Å². The van der Waals surface area contributed by atoms with Gasteiger partial charge in [-0.25, -0.2) is 18.4 Å². The Hall–Kier alpha value is -3.04. The van der Waals surface area contributed by atoms with E-state index in [0.717, 1.165) is 18.2 Å². The molecule has 2 atom stereocenters. The molecule has 0 unspecified atom stereocenters. The molecule has 1 aromatic carbocycles. The molecule has 0 spiro atoms. The molecule has 0 aromatic heterocycles. The molecule has 1 saturated heterocycles. The highest BCUT2D eigenvalue weighted by molar-refractivity contribution is 6.09. The van der Waals surface area contributed by atoms with Gasteiger partial charge >= 0.3 is 12.0 Å². The van der Waals surface area contributed by atoms with Crippen molar-refractivity contribution in [3.63, 3.8) is 0 Å². The number of hydrogen-bond acceptors (Lipinski definition) is 5. The second kappa shape index (κ2) is 8.54. The van der Waals surface area contributed by atoms with Gasteiger partial charge in [0, 0.05) is 5.56 Å². The zero-order valence-electron chi connectivity index (χ0n) is 16.5. The molecule has 1 aliphatic rings. The summed E-state index contributed by atoms with van der Waals surface area (Å²) < 4.78 is 32.4. The molecular formula is C19H23F2N3O5. The van der Waals surface area contributed by atoms with Gasteiger partial charge in [-0.1, -0.05) is 13.8 Å². The summed E-state index contributed by atoms with van der Waals surface area (Å²) in [7, 11) is 1.18. The standard InChI is InChI=1S/C19H23F2N3O5/c1-10(2)7-14(16(26)29-4)22-15(25)9-24-17(27)19(3,23-18(24)28)12-8-11(20)5-6-13(12)21/h5-6,8,10,14H,7,9H2,1-4H3,(H,22,25)(H,23,28)/t14-,19-/m1/s1. The summed E-state index contributed by atoms with van der Waals surface area (Å²) in [5.41, 5.74) is -2.23. The van der Waals surface area contributed by atoms with Crippen molar-refractivity contribution in [2.75, 3.05) is 13.7 Å². The van der Waals surface area contributed by atoms with E-state index >= 15 is 0 Å². The van der Waals surface area contributed by atoms with Crippen LogP contribution in [0.3, 0.4) is 0 Å². The number of hydrogen-bond donors (Lipinski definition) is 2. The molecule has 2 N–H and O–H groups in total. The number of nitrogens with one attached hydrogen (secondary N) is 2. The number of methoxy groups -OCH3 is 1. The number of carbonyl (C=O) groups excluding carboxylic acids is 4. The van der Waals surface area contributed by atoms with Crippen molar-refractivity contribution in [2.45, 2.75) is 38.8 Å². The Labute approximate surface area is 166 Å². The molecule has 0 aliphatic carbocycles. The molecule has 0 radical (unpaired) electrons. The maximum absolute atomic E-state index is 14.2. The molecule has 1 heterocycles. The van der Waals surface area contributed by atoms with Crippen LogP contribution in [-0.2, 0) is 24.7 Å². The quantitative estimate of drug-likeness (QED) is 0.522. The van der Waals surface area contributed by atoms with E-state index in [0.29, 0.717) is 11.3 Å². The number of rotatable bonds is 7. The predicted molar refractivity (Wildman–Crippen MR) is 97.4 cm³/mol. The Kier molecular flexibility index (Phi) is 6.55. The molecule has 158 valence electrons. The van der Waals surface area contributed by atoms with Crippen LogP contribution in [0.5, 0.6) is 0 Å². The summed E-state index contributed by atoms with van der Waals surface area (Å²) in [6.07, 6.45) is 0.296. The number of ether oxygens (including phenoxy) is 1. The molecule has 0 bridgehead atoms. The number of esters is 1. The van der Waals surface area contributed by atoms with Gasteiger partial charge in [-0.3, -0.25) is 14.5 Å². The second-order valence-corrected chi connectivity index (χ2v) is 7.34. The highest BCUT2D eigenvalue weighted by Gasteiger charge is 2.51. The third kappa shape index (κ3) is 4.69. The van der Waals surface area contributed by atoms with Crippen LogP contribution in [-0.4, -0.2) is 48.4 Å². The van der Waals surface area contributed by atoms with E-state index in [1.807, 2.05) is 13.8 Å². The number of nitrogens with zero attached hydrogens (tertiary/aromatic N) is 1. The highest BCUT2D eigenvalue weighted by Crippen LogP contribution is 2.31. The summed E-state index contributed by atoms with van der Waals surface area (Å²) in [4.78, 5) is 49.8. The summed E-state index contributed by atoms with van der Waals surface area (Å²) in [6, 6.07) is 0.663. The lowest BCUT2D eigenvalue weighted by Crippen LogP contribution is -2.48. The van der Waals surface area contributed by atoms with E-state index in [9.17, 15) is 28.0 Å². The van der Waals surface area contributed by atoms with Crippen LogP contribution in [0, 0.1) is 17.6 Å². The first-order valence-electron chi connectivity index (χ1n) is 8.96. The fraction of sp³-hybridized carbons (Fsp3) is 0.474. The van der Waals surface area contributed by atoms with Crippen molar-refractivity contribution < 1.29 is 32.7 Å². The van der Waals surface area contributed by atoms with Crippen LogP contribution in [0.25, 0.3) is 0 Å². The minimum absolute atomic E-state index is 0.0651. The Bertz CT molecular complexity index is 845.